The van der Waals surface area contributed by atoms with Crippen LogP contribution in [0.4, 0.5) is 0 Å². The summed E-state index contributed by atoms with van der Waals surface area (Å²) in [6.45, 7) is 1.91. The van der Waals surface area contributed by atoms with Gasteiger partial charge in [0, 0.05) is 6.42 Å². The second-order valence-corrected chi connectivity index (χ2v) is 4.16. The lowest BCUT2D eigenvalue weighted by atomic mass is 10.2. The summed E-state index contributed by atoms with van der Waals surface area (Å²) in [5, 5.41) is 9.78. The fourth-order valence-corrected chi connectivity index (χ4v) is 1.69. The molecule has 1 atom stereocenters. The fourth-order valence-electron chi connectivity index (χ4n) is 1.69. The molecular weight excluding hydrogens is 232 g/mol. The van der Waals surface area contributed by atoms with Gasteiger partial charge < -0.3 is 19.3 Å². The Morgan fingerprint density at radius 1 is 1.22 bits per heavy atom. The number of hydrogen-bond acceptors (Lipinski definition) is 4. The van der Waals surface area contributed by atoms with E-state index in [1.54, 1.807) is 6.26 Å². The van der Waals surface area contributed by atoms with Crippen molar-refractivity contribution in [3.05, 3.63) is 47.9 Å². The molecule has 0 spiro atoms. The highest BCUT2D eigenvalue weighted by Gasteiger charge is 2.12. The van der Waals surface area contributed by atoms with Crippen molar-refractivity contribution < 1.29 is 19.3 Å². The molecule has 4 nitrogen and oxygen atoms in total. The van der Waals surface area contributed by atoms with E-state index in [9.17, 15) is 5.11 Å². The maximum atomic E-state index is 9.78. The van der Waals surface area contributed by atoms with E-state index >= 15 is 0 Å². The molecular formula is C14H18O4. The third-order valence-electron chi connectivity index (χ3n) is 2.56. The molecule has 1 aliphatic heterocycles. The van der Waals surface area contributed by atoms with Crippen LogP contribution in [0.15, 0.2) is 42.4 Å². The Hall–Kier alpha value is -1.52. The molecule has 0 aliphatic carbocycles. The summed E-state index contributed by atoms with van der Waals surface area (Å²) in [4.78, 5) is 0. The van der Waals surface area contributed by atoms with Crippen LogP contribution in [0.2, 0.25) is 0 Å². The largest absolute Gasteiger partial charge is 0.494 e. The van der Waals surface area contributed by atoms with Gasteiger partial charge in [0.1, 0.15) is 25.2 Å². The van der Waals surface area contributed by atoms with Crippen LogP contribution in [0.25, 0.3) is 0 Å². The first-order chi connectivity index (χ1) is 8.84. The Labute approximate surface area is 107 Å². The zero-order valence-electron chi connectivity index (χ0n) is 10.2. The van der Waals surface area contributed by atoms with Crippen LogP contribution < -0.4 is 0 Å². The van der Waals surface area contributed by atoms with Crippen molar-refractivity contribution in [2.45, 2.75) is 19.1 Å². The predicted molar refractivity (Wildman–Crippen MR) is 66.7 cm³/mol. The van der Waals surface area contributed by atoms with Gasteiger partial charge in [-0.15, -0.1) is 0 Å². The highest BCUT2D eigenvalue weighted by atomic mass is 16.6. The SMILES string of the molecule is OC(COCc1ccccc1)CC1=COCCO1. The topological polar surface area (TPSA) is 47.9 Å². The minimum atomic E-state index is -0.568. The molecule has 1 unspecified atom stereocenters. The lowest BCUT2D eigenvalue weighted by Gasteiger charge is -2.18. The van der Waals surface area contributed by atoms with E-state index in [0.29, 0.717) is 32.0 Å². The second-order valence-electron chi connectivity index (χ2n) is 4.16. The van der Waals surface area contributed by atoms with E-state index in [2.05, 4.69) is 0 Å². The zero-order chi connectivity index (χ0) is 12.6. The maximum Gasteiger partial charge on any atom is 0.133 e. The highest BCUT2D eigenvalue weighted by molar-refractivity contribution is 5.13. The number of benzene rings is 1. The van der Waals surface area contributed by atoms with Crippen molar-refractivity contribution in [1.29, 1.82) is 0 Å². The average molecular weight is 250 g/mol. The Morgan fingerprint density at radius 2 is 2.06 bits per heavy atom. The van der Waals surface area contributed by atoms with Gasteiger partial charge in [-0.2, -0.15) is 0 Å². The van der Waals surface area contributed by atoms with Crippen molar-refractivity contribution in [3.63, 3.8) is 0 Å². The molecule has 1 heterocycles. The smallest absolute Gasteiger partial charge is 0.133 e. The van der Waals surface area contributed by atoms with E-state index in [-0.39, 0.29) is 6.61 Å². The number of hydrogen-bond donors (Lipinski definition) is 1. The summed E-state index contributed by atoms with van der Waals surface area (Å²) in [6, 6.07) is 9.88. The maximum absolute atomic E-state index is 9.78. The van der Waals surface area contributed by atoms with Crippen molar-refractivity contribution >= 4 is 0 Å². The lowest BCUT2D eigenvalue weighted by molar-refractivity contribution is 0.0107. The van der Waals surface area contributed by atoms with Gasteiger partial charge in [-0.3, -0.25) is 0 Å². The van der Waals surface area contributed by atoms with Crippen LogP contribution in [-0.2, 0) is 20.8 Å². The van der Waals surface area contributed by atoms with Gasteiger partial charge in [0.15, 0.2) is 0 Å². The second kappa shape index (κ2) is 7.03. The number of aliphatic hydroxyl groups excluding tert-OH is 1. The summed E-state index contributed by atoms with van der Waals surface area (Å²) in [7, 11) is 0. The number of aliphatic hydroxyl groups is 1. The minimum Gasteiger partial charge on any atom is -0.494 e. The molecule has 0 bridgehead atoms. The van der Waals surface area contributed by atoms with E-state index in [4.69, 9.17) is 14.2 Å². The van der Waals surface area contributed by atoms with Gasteiger partial charge in [-0.1, -0.05) is 30.3 Å². The monoisotopic (exact) mass is 250 g/mol. The molecule has 0 fully saturated rings. The molecule has 0 amide bonds. The Bertz CT molecular complexity index is 375. The number of ether oxygens (including phenoxy) is 3. The molecule has 4 heteroatoms. The van der Waals surface area contributed by atoms with Crippen molar-refractivity contribution in [1.82, 2.24) is 0 Å². The van der Waals surface area contributed by atoms with Gasteiger partial charge >= 0.3 is 0 Å². The normalized spacial score (nSPS) is 16.4. The van der Waals surface area contributed by atoms with E-state index < -0.39 is 6.10 Å². The van der Waals surface area contributed by atoms with Gasteiger partial charge in [0.05, 0.1) is 19.3 Å². The van der Waals surface area contributed by atoms with Crippen LogP contribution in [0.5, 0.6) is 0 Å². The summed E-state index contributed by atoms with van der Waals surface area (Å²) in [5.74, 6) is 0.678. The van der Waals surface area contributed by atoms with Gasteiger partial charge in [0.25, 0.3) is 0 Å². The van der Waals surface area contributed by atoms with Crippen LogP contribution in [0.3, 0.4) is 0 Å². The molecule has 1 aromatic rings. The van der Waals surface area contributed by atoms with Gasteiger partial charge in [-0.05, 0) is 5.56 Å². The number of rotatable bonds is 6. The molecule has 2 rings (SSSR count). The van der Waals surface area contributed by atoms with Gasteiger partial charge in [-0.25, -0.2) is 0 Å². The summed E-state index contributed by atoms with van der Waals surface area (Å²) in [5.41, 5.74) is 1.10. The minimum absolute atomic E-state index is 0.287. The Kier molecular flexibility index (Phi) is 5.05. The molecule has 0 saturated carbocycles. The van der Waals surface area contributed by atoms with E-state index in [0.717, 1.165) is 5.56 Å². The van der Waals surface area contributed by atoms with Gasteiger partial charge in [0.2, 0.25) is 0 Å². The molecule has 98 valence electrons. The molecule has 1 aliphatic rings. The highest BCUT2D eigenvalue weighted by Crippen LogP contribution is 2.12. The standard InChI is InChI=1S/C14H18O4/c15-13(8-14-11-16-6-7-18-14)10-17-9-12-4-2-1-3-5-12/h1-5,11,13,15H,6-10H2. The van der Waals surface area contributed by atoms with Crippen molar-refractivity contribution in [3.8, 4) is 0 Å². The lowest BCUT2D eigenvalue weighted by Crippen LogP contribution is -2.19. The first kappa shape index (κ1) is 12.9. The van der Waals surface area contributed by atoms with E-state index in [1.807, 2.05) is 30.3 Å². The van der Waals surface area contributed by atoms with Crippen LogP contribution >= 0.6 is 0 Å². The molecule has 0 aromatic heterocycles. The molecule has 0 saturated heterocycles. The summed E-state index contributed by atoms with van der Waals surface area (Å²) >= 11 is 0. The Balaban J connectivity index is 1.65. The van der Waals surface area contributed by atoms with Crippen molar-refractivity contribution in [2.24, 2.45) is 0 Å². The predicted octanol–water partition coefficient (Wildman–Crippen LogP) is 1.84. The van der Waals surface area contributed by atoms with Crippen molar-refractivity contribution in [2.75, 3.05) is 19.8 Å². The molecule has 1 aromatic carbocycles. The molecule has 1 N–H and O–H groups in total. The fraction of sp³-hybridized carbons (Fsp3) is 0.429. The molecule has 18 heavy (non-hydrogen) atoms. The van der Waals surface area contributed by atoms with Crippen LogP contribution in [-0.4, -0.2) is 31.0 Å². The quantitative estimate of drug-likeness (QED) is 0.837. The first-order valence-electron chi connectivity index (χ1n) is 6.08. The summed E-state index contributed by atoms with van der Waals surface area (Å²) < 4.78 is 15.9. The van der Waals surface area contributed by atoms with E-state index in [1.165, 1.54) is 0 Å². The first-order valence-corrected chi connectivity index (χ1v) is 6.08. The zero-order valence-corrected chi connectivity index (χ0v) is 10.2. The third-order valence-corrected chi connectivity index (χ3v) is 2.56. The average Bonchev–Trinajstić information content (AvgIpc) is 2.41. The summed E-state index contributed by atoms with van der Waals surface area (Å²) in [6.07, 6.45) is 1.42. The molecule has 0 radical (unpaired) electrons. The Morgan fingerprint density at radius 3 is 2.78 bits per heavy atom. The van der Waals surface area contributed by atoms with Crippen LogP contribution in [0.1, 0.15) is 12.0 Å². The third kappa shape index (κ3) is 4.39. The van der Waals surface area contributed by atoms with Crippen LogP contribution in [0, 0.1) is 0 Å².